The van der Waals surface area contributed by atoms with Crippen LogP contribution in [0.5, 0.6) is 5.75 Å². The number of hydrogen-bond acceptors (Lipinski definition) is 3. The molecule has 14 heteroatoms. The number of hydrogen-bond donors (Lipinski definition) is 2. The van der Waals surface area contributed by atoms with E-state index < -0.39 is 61.3 Å². The lowest BCUT2D eigenvalue weighted by Gasteiger charge is -2.22. The predicted octanol–water partition coefficient (Wildman–Crippen LogP) is 7.86. The van der Waals surface area contributed by atoms with Gasteiger partial charge in [0, 0.05) is 29.8 Å². The van der Waals surface area contributed by atoms with Gasteiger partial charge >= 0.3 is 24.5 Å². The molecule has 3 aromatic carbocycles. The van der Waals surface area contributed by atoms with Gasteiger partial charge in [-0.2, -0.15) is 48.3 Å². The largest absolute Gasteiger partial charge is 0.489 e. The minimum Gasteiger partial charge on any atom is -0.489 e. The number of nitrogens with one attached hydrogen (secondary N) is 1. The molecule has 218 valence electrons. The molecule has 0 heterocycles. The Hall–Kier alpha value is -3.55. The summed E-state index contributed by atoms with van der Waals surface area (Å²) in [5.74, 6) is -5.29. The molecule has 1 atom stereocenters. The highest BCUT2D eigenvalue weighted by molar-refractivity contribution is 5.59. The number of aliphatic hydroxyl groups is 1. The van der Waals surface area contributed by atoms with Crippen molar-refractivity contribution >= 4 is 5.69 Å². The molecular formula is C26H20F11NO2. The van der Waals surface area contributed by atoms with Crippen LogP contribution in [0.15, 0.2) is 66.7 Å². The third-order valence-corrected chi connectivity index (χ3v) is 5.67. The van der Waals surface area contributed by atoms with Gasteiger partial charge in [0.2, 0.25) is 0 Å². The molecule has 3 nitrogen and oxygen atoms in total. The lowest BCUT2D eigenvalue weighted by molar-refractivity contribution is -0.289. The number of alkyl halides is 11. The fourth-order valence-corrected chi connectivity index (χ4v) is 3.61. The van der Waals surface area contributed by atoms with E-state index in [0.29, 0.717) is 12.1 Å². The van der Waals surface area contributed by atoms with E-state index in [0.717, 1.165) is 24.3 Å². The first kappa shape index (κ1) is 31.0. The summed E-state index contributed by atoms with van der Waals surface area (Å²) in [6, 6.07) is 11.2. The lowest BCUT2D eigenvalue weighted by atomic mass is 9.98. The van der Waals surface area contributed by atoms with Gasteiger partial charge in [-0.1, -0.05) is 36.4 Å². The molecule has 0 aliphatic rings. The molecule has 2 N–H and O–H groups in total. The zero-order valence-corrected chi connectivity index (χ0v) is 20.1. The van der Waals surface area contributed by atoms with Crippen LogP contribution < -0.4 is 10.1 Å². The van der Waals surface area contributed by atoms with Crippen molar-refractivity contribution in [2.45, 2.75) is 43.6 Å². The van der Waals surface area contributed by atoms with Crippen LogP contribution in [-0.4, -0.2) is 30.1 Å². The van der Waals surface area contributed by atoms with Crippen LogP contribution >= 0.6 is 0 Å². The van der Waals surface area contributed by atoms with Crippen molar-refractivity contribution in [3.63, 3.8) is 0 Å². The third kappa shape index (κ3) is 7.55. The van der Waals surface area contributed by atoms with Gasteiger partial charge in [0.05, 0.1) is 5.56 Å². The Kier molecular flexibility index (Phi) is 8.92. The first-order valence-electron chi connectivity index (χ1n) is 11.3. The molecule has 0 spiro atoms. The summed E-state index contributed by atoms with van der Waals surface area (Å²) < 4.78 is 150. The van der Waals surface area contributed by atoms with Crippen LogP contribution in [0.1, 0.15) is 27.8 Å². The molecule has 0 saturated carbocycles. The van der Waals surface area contributed by atoms with Gasteiger partial charge < -0.3 is 15.2 Å². The lowest BCUT2D eigenvalue weighted by Crippen LogP contribution is -2.35. The van der Waals surface area contributed by atoms with E-state index in [2.05, 4.69) is 5.32 Å². The molecule has 0 bridgehead atoms. The smallest absolute Gasteiger partial charge is 0.458 e. The van der Waals surface area contributed by atoms with E-state index in [4.69, 9.17) is 4.74 Å². The molecule has 3 rings (SSSR count). The normalized spacial score (nSPS) is 13.7. The number of benzene rings is 3. The maximum absolute atomic E-state index is 13.9. The Morgan fingerprint density at radius 1 is 0.725 bits per heavy atom. The zero-order valence-electron chi connectivity index (χ0n) is 20.1. The van der Waals surface area contributed by atoms with Gasteiger partial charge in [0.25, 0.3) is 0 Å². The fourth-order valence-electron chi connectivity index (χ4n) is 3.61. The van der Waals surface area contributed by atoms with Gasteiger partial charge in [-0.3, -0.25) is 0 Å². The minimum absolute atomic E-state index is 0.00340. The van der Waals surface area contributed by atoms with Crippen molar-refractivity contribution in [2.24, 2.45) is 0 Å². The van der Waals surface area contributed by atoms with Crippen LogP contribution in [0.4, 0.5) is 54.0 Å². The predicted molar refractivity (Wildman–Crippen MR) is 122 cm³/mol. The number of anilines is 1. The molecule has 0 fully saturated rings. The molecule has 0 aromatic heterocycles. The van der Waals surface area contributed by atoms with Crippen molar-refractivity contribution in [1.29, 1.82) is 0 Å². The van der Waals surface area contributed by atoms with E-state index >= 15 is 0 Å². The Bertz CT molecular complexity index is 1300. The van der Waals surface area contributed by atoms with Crippen LogP contribution in [0.25, 0.3) is 0 Å². The average Bonchev–Trinajstić information content (AvgIpc) is 2.85. The van der Waals surface area contributed by atoms with E-state index in [1.54, 1.807) is 0 Å². The molecule has 0 saturated heterocycles. The Morgan fingerprint density at radius 3 is 1.90 bits per heavy atom. The highest BCUT2D eigenvalue weighted by Gasteiger charge is 2.58. The maximum atomic E-state index is 13.9. The van der Waals surface area contributed by atoms with Crippen molar-refractivity contribution in [1.82, 2.24) is 0 Å². The first-order valence-corrected chi connectivity index (χ1v) is 11.3. The molecule has 3 aromatic rings. The van der Waals surface area contributed by atoms with Crippen molar-refractivity contribution in [2.75, 3.05) is 11.9 Å². The Labute approximate surface area is 220 Å². The quantitative estimate of drug-likeness (QED) is 0.251. The van der Waals surface area contributed by atoms with Crippen LogP contribution in [0.3, 0.4) is 0 Å². The summed E-state index contributed by atoms with van der Waals surface area (Å²) in [6.07, 6.45) is -18.7. The minimum atomic E-state index is -5.89. The van der Waals surface area contributed by atoms with E-state index in [1.165, 1.54) is 30.3 Å². The maximum Gasteiger partial charge on any atom is 0.458 e. The van der Waals surface area contributed by atoms with Crippen LogP contribution in [0.2, 0.25) is 0 Å². The highest BCUT2D eigenvalue weighted by Crippen LogP contribution is 2.44. The van der Waals surface area contributed by atoms with Crippen molar-refractivity contribution < 1.29 is 58.1 Å². The molecule has 0 aliphatic carbocycles. The first-order chi connectivity index (χ1) is 18.4. The number of rotatable bonds is 9. The SMILES string of the molecule is O[C@H](CNc1cccc(OCc2cccc(C(F)(F)F)c2)c1Cc1cccc(C(F)(F)C(F)(F)F)c1)C(F)(F)F. The van der Waals surface area contributed by atoms with Gasteiger partial charge in [-0.25, -0.2) is 0 Å². The summed E-state index contributed by atoms with van der Waals surface area (Å²) in [4.78, 5) is 0. The van der Waals surface area contributed by atoms with E-state index in [-0.39, 0.29) is 28.1 Å². The molecule has 0 amide bonds. The highest BCUT2D eigenvalue weighted by atomic mass is 19.4. The summed E-state index contributed by atoms with van der Waals surface area (Å²) >= 11 is 0. The molecule has 0 radical (unpaired) electrons. The van der Waals surface area contributed by atoms with Crippen molar-refractivity contribution in [3.8, 4) is 5.75 Å². The van der Waals surface area contributed by atoms with Crippen molar-refractivity contribution in [3.05, 3.63) is 94.5 Å². The molecule has 40 heavy (non-hydrogen) atoms. The zero-order chi connectivity index (χ0) is 29.9. The monoisotopic (exact) mass is 587 g/mol. The van der Waals surface area contributed by atoms with Gasteiger partial charge in [-0.15, -0.1) is 0 Å². The number of halogens is 11. The summed E-state index contributed by atoms with van der Waals surface area (Å²) in [6.45, 7) is -1.49. The van der Waals surface area contributed by atoms with Gasteiger partial charge in [0.15, 0.2) is 6.10 Å². The standard InChI is InChI=1S/C26H20F11NO2/c27-23(28,26(35,36)37)17-6-1-4-15(10-17)12-19-20(38-13-22(39)25(32,33)34)8-3-9-21(19)40-14-16-5-2-7-18(11-16)24(29,30)31/h1-11,22,38-39H,12-14H2/t22-/m1/s1. The third-order valence-electron chi connectivity index (χ3n) is 5.67. The summed E-state index contributed by atoms with van der Waals surface area (Å²) in [5.41, 5.74) is -2.46. The van der Waals surface area contributed by atoms with Crippen LogP contribution in [-0.2, 0) is 25.1 Å². The Morgan fingerprint density at radius 2 is 1.30 bits per heavy atom. The second kappa shape index (κ2) is 11.5. The van der Waals surface area contributed by atoms with Gasteiger partial charge in [-0.05, 0) is 41.5 Å². The molecule has 0 unspecified atom stereocenters. The van der Waals surface area contributed by atoms with Gasteiger partial charge in [0.1, 0.15) is 12.4 Å². The average molecular weight is 587 g/mol. The topological polar surface area (TPSA) is 41.5 Å². The van der Waals surface area contributed by atoms with E-state index in [1.807, 2.05) is 0 Å². The molecule has 0 aliphatic heterocycles. The molecular weight excluding hydrogens is 567 g/mol. The summed E-state index contributed by atoms with van der Waals surface area (Å²) in [7, 11) is 0. The second-order valence-electron chi connectivity index (χ2n) is 8.66. The van der Waals surface area contributed by atoms with Crippen LogP contribution in [0, 0.1) is 0 Å². The summed E-state index contributed by atoms with van der Waals surface area (Å²) in [5, 5.41) is 11.7. The second-order valence-corrected chi connectivity index (χ2v) is 8.66. The fraction of sp³-hybridized carbons (Fsp3) is 0.308. The number of ether oxygens (including phenoxy) is 1. The Balaban J connectivity index is 1.97. The number of aliphatic hydroxyl groups excluding tert-OH is 1. The van der Waals surface area contributed by atoms with E-state index in [9.17, 15) is 53.4 Å².